The summed E-state index contributed by atoms with van der Waals surface area (Å²) >= 11 is 0. The zero-order valence-electron chi connectivity index (χ0n) is 19.0. The Morgan fingerprint density at radius 2 is 1.66 bits per heavy atom. The van der Waals surface area contributed by atoms with Crippen molar-refractivity contribution >= 4 is 15.9 Å². The number of rotatable bonds is 5. The summed E-state index contributed by atoms with van der Waals surface area (Å²) in [6.07, 6.45) is 0.951. The molecular weight excluding hydrogens is 428 g/mol. The molecule has 8 heteroatoms. The van der Waals surface area contributed by atoms with Crippen LogP contribution in [0.25, 0.3) is 0 Å². The molecule has 2 heterocycles. The SMILES string of the molecule is Cc1cc(C)c(S(=O)(=O)N2CCC(C)(C(=O)NCc3ccc4c(c3)OCO4)CC2)cc1C. The lowest BCUT2D eigenvalue weighted by Gasteiger charge is -2.37. The zero-order valence-corrected chi connectivity index (χ0v) is 19.8. The van der Waals surface area contributed by atoms with E-state index in [0.29, 0.717) is 48.9 Å². The van der Waals surface area contributed by atoms with E-state index in [1.807, 2.05) is 52.0 Å². The fourth-order valence-corrected chi connectivity index (χ4v) is 5.98. The monoisotopic (exact) mass is 458 g/mol. The van der Waals surface area contributed by atoms with Gasteiger partial charge in [0.1, 0.15) is 0 Å². The number of ether oxygens (including phenoxy) is 2. The third-order valence-corrected chi connectivity index (χ3v) is 8.71. The van der Waals surface area contributed by atoms with Gasteiger partial charge in [-0.3, -0.25) is 4.79 Å². The second-order valence-electron chi connectivity index (χ2n) is 9.04. The van der Waals surface area contributed by atoms with Crippen LogP contribution in [-0.2, 0) is 21.4 Å². The third kappa shape index (κ3) is 4.21. The molecule has 7 nitrogen and oxygen atoms in total. The van der Waals surface area contributed by atoms with Crippen LogP contribution >= 0.6 is 0 Å². The summed E-state index contributed by atoms with van der Waals surface area (Å²) in [5.74, 6) is 1.33. The number of fused-ring (bicyclic) bond motifs is 1. The summed E-state index contributed by atoms with van der Waals surface area (Å²) in [6, 6.07) is 9.28. The Kier molecular flexibility index (Phi) is 5.94. The lowest BCUT2D eigenvalue weighted by atomic mass is 9.80. The molecule has 2 aliphatic rings. The van der Waals surface area contributed by atoms with Gasteiger partial charge < -0.3 is 14.8 Å². The van der Waals surface area contributed by atoms with Crippen molar-refractivity contribution in [2.45, 2.75) is 52.0 Å². The molecule has 2 aromatic carbocycles. The largest absolute Gasteiger partial charge is 0.454 e. The molecule has 0 spiro atoms. The fourth-order valence-electron chi connectivity index (χ4n) is 4.24. The number of carbonyl (C=O) groups excluding carboxylic acids is 1. The molecule has 1 N–H and O–H groups in total. The Balaban J connectivity index is 1.39. The molecule has 0 aliphatic carbocycles. The number of piperidine rings is 1. The van der Waals surface area contributed by atoms with E-state index in [4.69, 9.17) is 9.47 Å². The average molecular weight is 459 g/mol. The highest BCUT2D eigenvalue weighted by Crippen LogP contribution is 2.35. The summed E-state index contributed by atoms with van der Waals surface area (Å²) < 4.78 is 38.7. The predicted octanol–water partition coefficient (Wildman–Crippen LogP) is 3.45. The maximum Gasteiger partial charge on any atom is 0.243 e. The molecule has 0 saturated carbocycles. The van der Waals surface area contributed by atoms with Gasteiger partial charge in [-0.05, 0) is 74.1 Å². The lowest BCUT2D eigenvalue weighted by Crippen LogP contribution is -2.48. The minimum absolute atomic E-state index is 0.0606. The topological polar surface area (TPSA) is 84.9 Å². The van der Waals surface area contributed by atoms with Crippen LogP contribution in [0, 0.1) is 26.2 Å². The molecule has 32 heavy (non-hydrogen) atoms. The molecule has 0 atom stereocenters. The first-order chi connectivity index (χ1) is 15.1. The van der Waals surface area contributed by atoms with Gasteiger partial charge in [0.2, 0.25) is 22.7 Å². The van der Waals surface area contributed by atoms with Gasteiger partial charge in [0.25, 0.3) is 0 Å². The Bertz CT molecular complexity index is 1150. The van der Waals surface area contributed by atoms with Crippen LogP contribution in [0.15, 0.2) is 35.2 Å². The van der Waals surface area contributed by atoms with Crippen molar-refractivity contribution in [3.05, 3.63) is 52.6 Å². The van der Waals surface area contributed by atoms with E-state index in [-0.39, 0.29) is 12.7 Å². The first-order valence-corrected chi connectivity index (χ1v) is 12.3. The van der Waals surface area contributed by atoms with Gasteiger partial charge in [0.05, 0.1) is 4.90 Å². The second-order valence-corrected chi connectivity index (χ2v) is 10.9. The van der Waals surface area contributed by atoms with Crippen LogP contribution < -0.4 is 14.8 Å². The standard InChI is InChI=1S/C24H30N2O5S/c1-16-11-18(3)22(12-17(16)2)32(28,29)26-9-7-24(4,8-10-26)23(27)25-14-19-5-6-20-21(13-19)31-15-30-20/h5-6,11-13H,7-10,14-15H2,1-4H3,(H,25,27). The molecule has 2 aromatic rings. The highest BCUT2D eigenvalue weighted by atomic mass is 32.2. The minimum atomic E-state index is -3.59. The summed E-state index contributed by atoms with van der Waals surface area (Å²) in [7, 11) is -3.59. The average Bonchev–Trinajstić information content (AvgIpc) is 3.22. The van der Waals surface area contributed by atoms with Gasteiger partial charge in [0.15, 0.2) is 11.5 Å². The Morgan fingerprint density at radius 3 is 2.38 bits per heavy atom. The fraction of sp³-hybridized carbons (Fsp3) is 0.458. The number of sulfonamides is 1. The second kappa shape index (κ2) is 8.41. The normalized spacial score (nSPS) is 17.9. The van der Waals surface area contributed by atoms with Crippen molar-refractivity contribution in [1.29, 1.82) is 0 Å². The first kappa shape index (κ1) is 22.6. The molecule has 0 bridgehead atoms. The maximum absolute atomic E-state index is 13.3. The van der Waals surface area contributed by atoms with Gasteiger partial charge in [-0.15, -0.1) is 0 Å². The summed E-state index contributed by atoms with van der Waals surface area (Å²) in [5, 5.41) is 3.01. The number of nitrogens with zero attached hydrogens (tertiary/aromatic N) is 1. The van der Waals surface area contributed by atoms with Crippen LogP contribution in [0.1, 0.15) is 42.0 Å². The van der Waals surface area contributed by atoms with E-state index < -0.39 is 15.4 Å². The number of aryl methyl sites for hydroxylation is 3. The number of benzene rings is 2. The van der Waals surface area contributed by atoms with Crippen molar-refractivity contribution in [1.82, 2.24) is 9.62 Å². The molecule has 4 rings (SSSR count). The van der Waals surface area contributed by atoms with E-state index in [1.54, 1.807) is 6.07 Å². The molecular formula is C24H30N2O5S. The highest BCUT2D eigenvalue weighted by molar-refractivity contribution is 7.89. The number of amides is 1. The summed E-state index contributed by atoms with van der Waals surface area (Å²) in [4.78, 5) is 13.3. The van der Waals surface area contributed by atoms with Gasteiger partial charge in [-0.2, -0.15) is 4.31 Å². The molecule has 1 fully saturated rings. The Labute approximate surface area is 189 Å². The van der Waals surface area contributed by atoms with E-state index in [9.17, 15) is 13.2 Å². The molecule has 0 radical (unpaired) electrons. The van der Waals surface area contributed by atoms with Crippen LogP contribution in [0.5, 0.6) is 11.5 Å². The van der Waals surface area contributed by atoms with E-state index in [1.165, 1.54) is 4.31 Å². The Hall–Kier alpha value is -2.58. The molecule has 0 unspecified atom stereocenters. The predicted molar refractivity (Wildman–Crippen MR) is 121 cm³/mol. The van der Waals surface area contributed by atoms with Crippen molar-refractivity contribution < 1.29 is 22.7 Å². The van der Waals surface area contributed by atoms with E-state index in [0.717, 1.165) is 22.3 Å². The van der Waals surface area contributed by atoms with Crippen LogP contribution in [0.2, 0.25) is 0 Å². The maximum atomic E-state index is 13.3. The molecule has 1 amide bonds. The number of hydrogen-bond donors (Lipinski definition) is 1. The quantitative estimate of drug-likeness (QED) is 0.742. The molecule has 1 saturated heterocycles. The number of nitrogens with one attached hydrogen (secondary N) is 1. The summed E-state index contributed by atoms with van der Waals surface area (Å²) in [6.45, 7) is 8.88. The van der Waals surface area contributed by atoms with Gasteiger partial charge >= 0.3 is 0 Å². The van der Waals surface area contributed by atoms with Gasteiger partial charge in [-0.25, -0.2) is 8.42 Å². The summed E-state index contributed by atoms with van der Waals surface area (Å²) in [5.41, 5.74) is 3.10. The van der Waals surface area contributed by atoms with Crippen molar-refractivity contribution in [3.8, 4) is 11.5 Å². The van der Waals surface area contributed by atoms with Gasteiger partial charge in [-0.1, -0.05) is 19.1 Å². The molecule has 172 valence electrons. The van der Waals surface area contributed by atoms with Gasteiger partial charge in [0, 0.05) is 25.0 Å². The minimum Gasteiger partial charge on any atom is -0.454 e. The van der Waals surface area contributed by atoms with Crippen LogP contribution in [-0.4, -0.2) is 38.5 Å². The smallest absolute Gasteiger partial charge is 0.243 e. The zero-order chi connectivity index (χ0) is 23.1. The number of carbonyl (C=O) groups is 1. The van der Waals surface area contributed by atoms with E-state index in [2.05, 4.69) is 5.32 Å². The lowest BCUT2D eigenvalue weighted by molar-refractivity contribution is -0.132. The molecule has 0 aromatic heterocycles. The van der Waals surface area contributed by atoms with Crippen LogP contribution in [0.4, 0.5) is 0 Å². The van der Waals surface area contributed by atoms with Crippen molar-refractivity contribution in [3.63, 3.8) is 0 Å². The molecule has 2 aliphatic heterocycles. The number of hydrogen-bond acceptors (Lipinski definition) is 5. The van der Waals surface area contributed by atoms with Crippen molar-refractivity contribution in [2.75, 3.05) is 19.9 Å². The third-order valence-electron chi connectivity index (χ3n) is 6.67. The highest BCUT2D eigenvalue weighted by Gasteiger charge is 2.40. The first-order valence-electron chi connectivity index (χ1n) is 10.8. The van der Waals surface area contributed by atoms with E-state index >= 15 is 0 Å². The van der Waals surface area contributed by atoms with Crippen LogP contribution in [0.3, 0.4) is 0 Å². The van der Waals surface area contributed by atoms with Crippen molar-refractivity contribution in [2.24, 2.45) is 5.41 Å². The Morgan fingerprint density at radius 1 is 1.00 bits per heavy atom.